The van der Waals surface area contributed by atoms with Crippen LogP contribution in [0.5, 0.6) is 0 Å². The molecule has 0 aliphatic rings. The number of aromatic nitrogens is 1. The van der Waals surface area contributed by atoms with Crippen LogP contribution in [-0.2, 0) is 6.42 Å². The third-order valence-electron chi connectivity index (χ3n) is 2.64. The fraction of sp³-hybridized carbons (Fsp3) is 0.250. The second-order valence-corrected chi connectivity index (χ2v) is 4.82. The third kappa shape index (κ3) is 2.34. The van der Waals surface area contributed by atoms with Gasteiger partial charge < -0.3 is 4.98 Å². The van der Waals surface area contributed by atoms with Gasteiger partial charge in [-0.25, -0.2) is 8.78 Å². The van der Waals surface area contributed by atoms with Crippen LogP contribution < -0.4 is 0 Å². The minimum absolute atomic E-state index is 0.434. The Morgan fingerprint density at radius 3 is 2.65 bits per heavy atom. The van der Waals surface area contributed by atoms with Gasteiger partial charge in [-0.1, -0.05) is 22.6 Å². The number of benzene rings is 1. The van der Waals surface area contributed by atoms with E-state index < -0.39 is 11.6 Å². The Balaban J connectivity index is 2.58. The molecule has 0 atom stereocenters. The molecule has 0 saturated carbocycles. The van der Waals surface area contributed by atoms with Crippen LogP contribution in [0.2, 0.25) is 0 Å². The van der Waals surface area contributed by atoms with Crippen LogP contribution in [0.3, 0.4) is 0 Å². The minimum atomic E-state index is -0.931. The Hall–Kier alpha value is -0.980. The van der Waals surface area contributed by atoms with E-state index in [0.29, 0.717) is 29.2 Å². The first kappa shape index (κ1) is 12.5. The number of aldehydes is 1. The average molecular weight is 349 g/mol. The lowest BCUT2D eigenvalue weighted by molar-refractivity contribution is 0.112. The summed E-state index contributed by atoms with van der Waals surface area (Å²) in [6, 6.07) is 2.16. The number of fused-ring (bicyclic) bond motifs is 1. The van der Waals surface area contributed by atoms with E-state index in [4.69, 9.17) is 0 Å². The standard InChI is InChI=1S/C12H10F2INO/c13-9-4-7-8(6-17)11(2-1-3-15)16-12(7)5-10(9)14/h4-6,16H,1-3H2. The number of aromatic amines is 1. The van der Waals surface area contributed by atoms with Crippen molar-refractivity contribution >= 4 is 39.8 Å². The summed E-state index contributed by atoms with van der Waals surface area (Å²) in [4.78, 5) is 14.0. The first-order chi connectivity index (χ1) is 8.17. The molecule has 1 aromatic carbocycles. The van der Waals surface area contributed by atoms with Crippen molar-refractivity contribution in [2.24, 2.45) is 0 Å². The van der Waals surface area contributed by atoms with E-state index >= 15 is 0 Å². The second-order valence-electron chi connectivity index (χ2n) is 3.74. The van der Waals surface area contributed by atoms with E-state index in [0.717, 1.165) is 28.7 Å². The molecule has 0 spiro atoms. The van der Waals surface area contributed by atoms with Crippen LogP contribution in [-0.4, -0.2) is 15.7 Å². The van der Waals surface area contributed by atoms with Gasteiger partial charge in [0.2, 0.25) is 0 Å². The number of hydrogen-bond acceptors (Lipinski definition) is 1. The van der Waals surface area contributed by atoms with Crippen molar-refractivity contribution in [2.45, 2.75) is 12.8 Å². The van der Waals surface area contributed by atoms with Gasteiger partial charge in [0.05, 0.1) is 0 Å². The fourth-order valence-corrected chi connectivity index (χ4v) is 2.22. The van der Waals surface area contributed by atoms with Crippen LogP contribution >= 0.6 is 22.6 Å². The molecule has 0 aliphatic heterocycles. The molecule has 0 amide bonds. The average Bonchev–Trinajstić information content (AvgIpc) is 2.64. The van der Waals surface area contributed by atoms with E-state index in [1.165, 1.54) is 0 Å². The molecule has 5 heteroatoms. The fourth-order valence-electron chi connectivity index (χ4n) is 1.84. The zero-order chi connectivity index (χ0) is 12.4. The molecule has 0 saturated heterocycles. The zero-order valence-corrected chi connectivity index (χ0v) is 11.1. The summed E-state index contributed by atoms with van der Waals surface area (Å²) < 4.78 is 27.1. The van der Waals surface area contributed by atoms with E-state index in [1.807, 2.05) is 0 Å². The molecule has 0 unspecified atom stereocenters. The summed E-state index contributed by atoms with van der Waals surface area (Å²) in [7, 11) is 0. The van der Waals surface area contributed by atoms with Gasteiger partial charge >= 0.3 is 0 Å². The first-order valence-electron chi connectivity index (χ1n) is 5.18. The lowest BCUT2D eigenvalue weighted by atomic mass is 10.1. The number of rotatable bonds is 4. The van der Waals surface area contributed by atoms with Gasteiger partial charge in [-0.3, -0.25) is 4.79 Å². The highest BCUT2D eigenvalue weighted by molar-refractivity contribution is 14.1. The molecule has 2 aromatic rings. The van der Waals surface area contributed by atoms with Crippen molar-refractivity contribution in [1.82, 2.24) is 4.98 Å². The van der Waals surface area contributed by atoms with Crippen LogP contribution in [0.15, 0.2) is 12.1 Å². The van der Waals surface area contributed by atoms with Crippen molar-refractivity contribution in [3.05, 3.63) is 35.0 Å². The summed E-state index contributed by atoms with van der Waals surface area (Å²) in [5, 5.41) is 0.447. The van der Waals surface area contributed by atoms with Gasteiger partial charge in [0.1, 0.15) is 0 Å². The molecule has 90 valence electrons. The zero-order valence-electron chi connectivity index (χ0n) is 8.90. The van der Waals surface area contributed by atoms with Gasteiger partial charge in [-0.05, 0) is 23.3 Å². The molecular formula is C12H10F2INO. The number of carbonyl (C=O) groups is 1. The minimum Gasteiger partial charge on any atom is -0.358 e. The predicted octanol–water partition coefficient (Wildman–Crippen LogP) is 3.63. The van der Waals surface area contributed by atoms with Gasteiger partial charge in [0.25, 0.3) is 0 Å². The van der Waals surface area contributed by atoms with Crippen molar-refractivity contribution in [3.63, 3.8) is 0 Å². The van der Waals surface area contributed by atoms with Crippen molar-refractivity contribution < 1.29 is 13.6 Å². The molecule has 2 nitrogen and oxygen atoms in total. The topological polar surface area (TPSA) is 32.9 Å². The highest BCUT2D eigenvalue weighted by Crippen LogP contribution is 2.24. The number of H-pyrrole nitrogens is 1. The summed E-state index contributed by atoms with van der Waals surface area (Å²) in [6.45, 7) is 0. The second kappa shape index (κ2) is 5.12. The van der Waals surface area contributed by atoms with Crippen LogP contribution in [0.1, 0.15) is 22.5 Å². The van der Waals surface area contributed by atoms with E-state index in [2.05, 4.69) is 27.6 Å². The van der Waals surface area contributed by atoms with Crippen molar-refractivity contribution in [2.75, 3.05) is 4.43 Å². The molecule has 0 bridgehead atoms. The van der Waals surface area contributed by atoms with Crippen LogP contribution in [0, 0.1) is 11.6 Å². The van der Waals surface area contributed by atoms with Gasteiger partial charge in [0.15, 0.2) is 17.9 Å². The number of alkyl halides is 1. The third-order valence-corrected chi connectivity index (χ3v) is 3.40. The van der Waals surface area contributed by atoms with Crippen molar-refractivity contribution in [3.8, 4) is 0 Å². The Morgan fingerprint density at radius 1 is 1.29 bits per heavy atom. The van der Waals surface area contributed by atoms with E-state index in [9.17, 15) is 13.6 Å². The monoisotopic (exact) mass is 349 g/mol. The normalized spacial score (nSPS) is 11.0. The lowest BCUT2D eigenvalue weighted by Gasteiger charge is -1.96. The molecule has 2 rings (SSSR count). The highest BCUT2D eigenvalue weighted by atomic mass is 127. The summed E-state index contributed by atoms with van der Waals surface area (Å²) in [5.41, 5.74) is 1.65. The Labute approximate surface area is 111 Å². The lowest BCUT2D eigenvalue weighted by Crippen LogP contribution is -1.91. The molecule has 0 aliphatic carbocycles. The maximum Gasteiger partial charge on any atom is 0.160 e. The molecule has 17 heavy (non-hydrogen) atoms. The quantitative estimate of drug-likeness (QED) is 0.511. The van der Waals surface area contributed by atoms with E-state index in [1.54, 1.807) is 0 Å². The number of nitrogens with one attached hydrogen (secondary N) is 1. The number of carbonyl (C=O) groups excluding carboxylic acids is 1. The van der Waals surface area contributed by atoms with Crippen LogP contribution in [0.25, 0.3) is 10.9 Å². The van der Waals surface area contributed by atoms with E-state index in [-0.39, 0.29) is 0 Å². The highest BCUT2D eigenvalue weighted by Gasteiger charge is 2.13. The molecule has 1 aromatic heterocycles. The maximum atomic E-state index is 13.1. The molecule has 1 N–H and O–H groups in total. The number of aryl methyl sites for hydroxylation is 1. The Kier molecular flexibility index (Phi) is 3.76. The molecule has 0 fully saturated rings. The smallest absolute Gasteiger partial charge is 0.160 e. The molecular weight excluding hydrogens is 339 g/mol. The predicted molar refractivity (Wildman–Crippen MR) is 70.8 cm³/mol. The van der Waals surface area contributed by atoms with Crippen LogP contribution in [0.4, 0.5) is 8.78 Å². The van der Waals surface area contributed by atoms with Gasteiger partial charge in [-0.15, -0.1) is 0 Å². The molecule has 0 radical (unpaired) electrons. The number of hydrogen-bond donors (Lipinski definition) is 1. The largest absolute Gasteiger partial charge is 0.358 e. The Morgan fingerprint density at radius 2 is 2.00 bits per heavy atom. The summed E-state index contributed by atoms with van der Waals surface area (Å²) >= 11 is 2.24. The summed E-state index contributed by atoms with van der Waals surface area (Å²) in [5.74, 6) is -1.84. The van der Waals surface area contributed by atoms with Crippen molar-refractivity contribution in [1.29, 1.82) is 0 Å². The summed E-state index contributed by atoms with van der Waals surface area (Å²) in [6.07, 6.45) is 2.31. The number of halogens is 3. The van der Waals surface area contributed by atoms with Gasteiger partial charge in [-0.2, -0.15) is 0 Å². The molecule has 1 heterocycles. The SMILES string of the molecule is O=Cc1c(CCCI)[nH]c2cc(F)c(F)cc12. The first-order valence-corrected chi connectivity index (χ1v) is 6.70. The van der Waals surface area contributed by atoms with Gasteiger partial charge in [0, 0.05) is 28.2 Å². The Bertz CT molecular complexity index is 565. The maximum absolute atomic E-state index is 13.1.